The Balaban J connectivity index is -0.0000000897. The summed E-state index contributed by atoms with van der Waals surface area (Å²) in [5, 5.41) is 47.8. The molecule has 1 rings (SSSR count). The summed E-state index contributed by atoms with van der Waals surface area (Å²) >= 11 is 0. The quantitative estimate of drug-likeness (QED) is 0.447. The van der Waals surface area contributed by atoms with Crippen LogP contribution in [0.4, 0.5) is 0 Å². The van der Waals surface area contributed by atoms with Crippen LogP contribution in [0, 0.1) is 0 Å². The van der Waals surface area contributed by atoms with Gasteiger partial charge in [-0.25, -0.2) is 0 Å². The summed E-state index contributed by atoms with van der Waals surface area (Å²) < 4.78 is 0. The van der Waals surface area contributed by atoms with Crippen molar-refractivity contribution in [1.82, 2.24) is 15.4 Å². The van der Waals surface area contributed by atoms with Crippen molar-refractivity contribution in [2.45, 2.75) is 34.6 Å². The third kappa shape index (κ3) is 106. The second-order valence-corrected chi connectivity index (χ2v) is 4.28. The molecule has 0 aliphatic heterocycles. The van der Waals surface area contributed by atoms with E-state index >= 15 is 0 Å². The van der Waals surface area contributed by atoms with Gasteiger partial charge in [0.05, 0.1) is 11.9 Å². The van der Waals surface area contributed by atoms with Crippen molar-refractivity contribution in [3.63, 3.8) is 0 Å². The summed E-state index contributed by atoms with van der Waals surface area (Å²) in [6, 6.07) is 0. The molecule has 13 nitrogen and oxygen atoms in total. The molecule has 1 heterocycles. The first kappa shape index (κ1) is 36.7. The SMILES string of the molecule is C=Cc1cnnnc1C=C.CC(=O)O.CC(=O)O.CC(=O)O.CC(=O)O.CC(=O)O. The first-order valence-corrected chi connectivity index (χ1v) is 7.45. The summed E-state index contributed by atoms with van der Waals surface area (Å²) in [5.41, 5.74) is 1.56. The maximum Gasteiger partial charge on any atom is 0.300 e. The molecular weight excluding hydrogens is 406 g/mol. The minimum Gasteiger partial charge on any atom is -0.481 e. The topological polar surface area (TPSA) is 225 Å². The van der Waals surface area contributed by atoms with Gasteiger partial charge >= 0.3 is 0 Å². The Kier molecular flexibility index (Phi) is 33.1. The predicted octanol–water partition coefficient (Wildman–Crippen LogP) is 1.61. The summed E-state index contributed by atoms with van der Waals surface area (Å²) in [6.07, 6.45) is 4.88. The summed E-state index contributed by atoms with van der Waals surface area (Å²) in [6.45, 7) is 12.6. The second kappa shape index (κ2) is 27.1. The fourth-order valence-electron chi connectivity index (χ4n) is 0.602. The van der Waals surface area contributed by atoms with Gasteiger partial charge in [0.25, 0.3) is 29.8 Å². The molecule has 0 aromatic carbocycles. The smallest absolute Gasteiger partial charge is 0.300 e. The maximum absolute atomic E-state index is 9.00. The molecule has 30 heavy (non-hydrogen) atoms. The summed E-state index contributed by atoms with van der Waals surface area (Å²) in [4.78, 5) is 45.0. The molecule has 0 amide bonds. The highest BCUT2D eigenvalue weighted by Gasteiger charge is 1.93. The average Bonchev–Trinajstić information content (AvgIpc) is 2.52. The van der Waals surface area contributed by atoms with Crippen LogP contribution < -0.4 is 0 Å². The lowest BCUT2D eigenvalue weighted by molar-refractivity contribution is -0.135. The molecular formula is C17H27N3O10. The molecule has 170 valence electrons. The van der Waals surface area contributed by atoms with Gasteiger partial charge in [0.15, 0.2) is 0 Å². The molecule has 0 bridgehead atoms. The number of hydrogen-bond acceptors (Lipinski definition) is 8. The van der Waals surface area contributed by atoms with Crippen LogP contribution in [0.25, 0.3) is 12.2 Å². The van der Waals surface area contributed by atoms with Crippen LogP contribution in [-0.4, -0.2) is 70.8 Å². The van der Waals surface area contributed by atoms with Crippen LogP contribution in [0.3, 0.4) is 0 Å². The minimum absolute atomic E-state index is 0.713. The molecule has 1 aromatic heterocycles. The molecule has 13 heteroatoms. The largest absolute Gasteiger partial charge is 0.481 e. The van der Waals surface area contributed by atoms with Crippen LogP contribution in [0.15, 0.2) is 19.4 Å². The van der Waals surface area contributed by atoms with E-state index in [2.05, 4.69) is 28.6 Å². The lowest BCUT2D eigenvalue weighted by Crippen LogP contribution is -1.91. The molecule has 0 saturated heterocycles. The zero-order chi connectivity index (χ0) is 25.3. The van der Waals surface area contributed by atoms with Crippen molar-refractivity contribution < 1.29 is 49.5 Å². The van der Waals surface area contributed by atoms with Crippen molar-refractivity contribution in [2.24, 2.45) is 0 Å². The number of aliphatic carboxylic acids is 5. The van der Waals surface area contributed by atoms with Gasteiger partial charge in [0.2, 0.25) is 0 Å². The zero-order valence-electron chi connectivity index (χ0n) is 17.3. The minimum atomic E-state index is -0.833. The van der Waals surface area contributed by atoms with E-state index in [0.717, 1.165) is 40.2 Å². The number of aromatic nitrogens is 3. The standard InChI is InChI=1S/C7H7N3.5C2H4O2/c1-3-6-5-8-10-9-7(6)4-2;5*1-2(3)4/h3-5H,1-2H2;5*1H3,(H,3,4). The summed E-state index contributed by atoms with van der Waals surface area (Å²) in [5.74, 6) is -4.17. The molecule has 0 atom stereocenters. The van der Waals surface area contributed by atoms with Crippen molar-refractivity contribution in [2.75, 3.05) is 0 Å². The van der Waals surface area contributed by atoms with E-state index in [-0.39, 0.29) is 0 Å². The highest BCUT2D eigenvalue weighted by Crippen LogP contribution is 2.03. The third-order valence-corrected chi connectivity index (χ3v) is 1.11. The highest BCUT2D eigenvalue weighted by atomic mass is 16.4. The Morgan fingerprint density at radius 2 is 0.967 bits per heavy atom. The van der Waals surface area contributed by atoms with Crippen LogP contribution in [0.5, 0.6) is 0 Å². The third-order valence-electron chi connectivity index (χ3n) is 1.11. The molecule has 5 N–H and O–H groups in total. The average molecular weight is 433 g/mol. The van der Waals surface area contributed by atoms with Crippen molar-refractivity contribution in [3.05, 3.63) is 30.6 Å². The van der Waals surface area contributed by atoms with Gasteiger partial charge in [-0.15, -0.1) is 10.2 Å². The highest BCUT2D eigenvalue weighted by molar-refractivity contribution is 5.64. The van der Waals surface area contributed by atoms with E-state index in [1.54, 1.807) is 18.3 Å². The molecule has 0 radical (unpaired) electrons. The van der Waals surface area contributed by atoms with Gasteiger partial charge in [-0.05, 0) is 11.3 Å². The Morgan fingerprint density at radius 3 is 1.13 bits per heavy atom. The van der Waals surface area contributed by atoms with E-state index < -0.39 is 29.8 Å². The number of rotatable bonds is 2. The van der Waals surface area contributed by atoms with Gasteiger partial charge in [0, 0.05) is 40.2 Å². The maximum atomic E-state index is 9.00. The van der Waals surface area contributed by atoms with Crippen LogP contribution in [0.2, 0.25) is 0 Å². The van der Waals surface area contributed by atoms with E-state index in [0.29, 0.717) is 5.69 Å². The van der Waals surface area contributed by atoms with E-state index in [4.69, 9.17) is 49.5 Å². The lowest BCUT2D eigenvalue weighted by atomic mass is 10.2. The van der Waals surface area contributed by atoms with Gasteiger partial charge in [-0.1, -0.05) is 19.2 Å². The van der Waals surface area contributed by atoms with E-state index in [9.17, 15) is 0 Å². The van der Waals surface area contributed by atoms with E-state index in [1.165, 1.54) is 0 Å². The Bertz CT molecular complexity index is 559. The lowest BCUT2D eigenvalue weighted by Gasteiger charge is -1.92. The zero-order valence-corrected chi connectivity index (χ0v) is 17.3. The molecule has 0 spiro atoms. The molecule has 1 aromatic rings. The van der Waals surface area contributed by atoms with E-state index in [1.807, 2.05) is 0 Å². The van der Waals surface area contributed by atoms with Gasteiger partial charge < -0.3 is 25.5 Å². The van der Waals surface area contributed by atoms with Crippen molar-refractivity contribution >= 4 is 42.0 Å². The Hall–Kier alpha value is -4.16. The number of nitrogens with zero attached hydrogens (tertiary/aromatic N) is 3. The predicted molar refractivity (Wildman–Crippen MR) is 107 cm³/mol. The number of carboxylic acid groups (broad SMARTS) is 5. The van der Waals surface area contributed by atoms with Crippen molar-refractivity contribution in [3.8, 4) is 0 Å². The summed E-state index contributed by atoms with van der Waals surface area (Å²) in [7, 11) is 0. The second-order valence-electron chi connectivity index (χ2n) is 4.28. The Morgan fingerprint density at radius 1 is 0.700 bits per heavy atom. The monoisotopic (exact) mass is 433 g/mol. The number of hydrogen-bond donors (Lipinski definition) is 5. The van der Waals surface area contributed by atoms with Gasteiger partial charge in [0.1, 0.15) is 0 Å². The first-order chi connectivity index (χ1) is 13.5. The van der Waals surface area contributed by atoms with Crippen molar-refractivity contribution in [1.29, 1.82) is 0 Å². The molecule has 0 fully saturated rings. The number of carboxylic acids is 5. The normalized spacial score (nSPS) is 7.10. The van der Waals surface area contributed by atoms with Crippen LogP contribution >= 0.6 is 0 Å². The van der Waals surface area contributed by atoms with Gasteiger partial charge in [-0.2, -0.15) is 0 Å². The number of carbonyl (C=O) groups is 5. The fraction of sp³-hybridized carbons (Fsp3) is 0.294. The molecule has 0 aliphatic carbocycles. The first-order valence-electron chi connectivity index (χ1n) is 7.45. The molecule has 0 aliphatic rings. The Labute approximate surface area is 173 Å². The fourth-order valence-corrected chi connectivity index (χ4v) is 0.602. The van der Waals surface area contributed by atoms with Crippen LogP contribution in [-0.2, 0) is 24.0 Å². The van der Waals surface area contributed by atoms with Crippen LogP contribution in [0.1, 0.15) is 45.9 Å². The van der Waals surface area contributed by atoms with Gasteiger partial charge in [-0.3, -0.25) is 24.0 Å². The molecule has 0 unspecified atom stereocenters. The molecule has 0 saturated carbocycles.